The van der Waals surface area contributed by atoms with Crippen molar-refractivity contribution in [2.45, 2.75) is 37.1 Å². The van der Waals surface area contributed by atoms with Gasteiger partial charge in [-0.2, -0.15) is 0 Å². The van der Waals surface area contributed by atoms with E-state index in [9.17, 15) is 14.7 Å². The molecule has 0 aliphatic carbocycles. The molecule has 9 heteroatoms. The first kappa shape index (κ1) is 21.5. The summed E-state index contributed by atoms with van der Waals surface area (Å²) in [6, 6.07) is 10.5. The molecule has 1 fully saturated rings. The zero-order valence-corrected chi connectivity index (χ0v) is 18.4. The first-order valence-corrected chi connectivity index (χ1v) is 10.9. The van der Waals surface area contributed by atoms with Gasteiger partial charge in [-0.15, -0.1) is 0 Å². The smallest absolute Gasteiger partial charge is 0.255 e. The van der Waals surface area contributed by atoms with Crippen molar-refractivity contribution >= 4 is 17.5 Å². The van der Waals surface area contributed by atoms with Crippen LogP contribution in [0.1, 0.15) is 34.7 Å². The van der Waals surface area contributed by atoms with Crippen LogP contribution < -0.4 is 19.5 Å². The van der Waals surface area contributed by atoms with Crippen LogP contribution >= 0.6 is 0 Å². The van der Waals surface area contributed by atoms with Crippen molar-refractivity contribution in [3.8, 4) is 17.2 Å². The molecule has 0 unspecified atom stereocenters. The zero-order chi connectivity index (χ0) is 23.1. The maximum absolute atomic E-state index is 12.8. The minimum absolute atomic E-state index is 0.0287. The van der Waals surface area contributed by atoms with Crippen LogP contribution in [-0.4, -0.2) is 67.6 Å². The van der Waals surface area contributed by atoms with Gasteiger partial charge in [0.05, 0.1) is 19.1 Å². The highest BCUT2D eigenvalue weighted by Crippen LogP contribution is 2.47. The molecule has 2 N–H and O–H groups in total. The van der Waals surface area contributed by atoms with Crippen LogP contribution in [0.5, 0.6) is 17.2 Å². The Bertz CT molecular complexity index is 1090. The molecule has 2 aromatic rings. The maximum Gasteiger partial charge on any atom is 0.255 e. The van der Waals surface area contributed by atoms with Crippen molar-refractivity contribution in [3.05, 3.63) is 47.5 Å². The molecule has 0 bridgehead atoms. The van der Waals surface area contributed by atoms with E-state index in [1.165, 1.54) is 4.90 Å². The van der Waals surface area contributed by atoms with Crippen molar-refractivity contribution in [1.82, 2.24) is 4.90 Å². The number of nitrogens with zero attached hydrogens (tertiary/aromatic N) is 1. The number of hydrogen-bond acceptors (Lipinski definition) is 7. The van der Waals surface area contributed by atoms with Crippen LogP contribution in [-0.2, 0) is 9.53 Å². The molecule has 9 nitrogen and oxygen atoms in total. The number of hydrogen-bond donors (Lipinski definition) is 2. The second-order valence-electron chi connectivity index (χ2n) is 8.67. The van der Waals surface area contributed by atoms with Gasteiger partial charge in [0.1, 0.15) is 18.0 Å². The molecule has 1 saturated heterocycles. The van der Waals surface area contributed by atoms with E-state index in [1.54, 1.807) is 38.4 Å². The molecule has 3 aliphatic rings. The lowest BCUT2D eigenvalue weighted by Gasteiger charge is -2.37. The minimum Gasteiger partial charge on any atom is -0.487 e. The molecule has 174 valence electrons. The summed E-state index contributed by atoms with van der Waals surface area (Å²) in [7, 11) is 3.42. The maximum atomic E-state index is 12.8. The Morgan fingerprint density at radius 1 is 1.09 bits per heavy atom. The first-order valence-electron chi connectivity index (χ1n) is 10.9. The summed E-state index contributed by atoms with van der Waals surface area (Å²) in [5, 5.41) is 12.8. The number of carbonyl (C=O) groups is 2. The Morgan fingerprint density at radius 2 is 1.88 bits per heavy atom. The fourth-order valence-electron chi connectivity index (χ4n) is 4.59. The fraction of sp³-hybridized carbons (Fsp3) is 0.417. The monoisotopic (exact) mass is 454 g/mol. The number of benzene rings is 2. The van der Waals surface area contributed by atoms with E-state index in [0.29, 0.717) is 34.9 Å². The highest BCUT2D eigenvalue weighted by molar-refractivity contribution is 6.04. The summed E-state index contributed by atoms with van der Waals surface area (Å²) in [5.74, 6) is 1.52. The number of amides is 2. The lowest BCUT2D eigenvalue weighted by molar-refractivity contribution is -0.147. The van der Waals surface area contributed by atoms with E-state index in [1.807, 2.05) is 12.1 Å². The predicted octanol–water partition coefficient (Wildman–Crippen LogP) is 2.14. The molecule has 2 amide bonds. The number of nitrogens with one attached hydrogen (secondary N) is 1. The molecular formula is C24H26N2O7. The number of ether oxygens (including phenoxy) is 4. The molecule has 4 atom stereocenters. The molecule has 0 aromatic heterocycles. The van der Waals surface area contributed by atoms with Crippen molar-refractivity contribution < 1.29 is 33.6 Å². The van der Waals surface area contributed by atoms with E-state index in [-0.39, 0.29) is 49.8 Å². The highest BCUT2D eigenvalue weighted by atomic mass is 16.7. The van der Waals surface area contributed by atoms with Gasteiger partial charge in [-0.25, -0.2) is 0 Å². The third kappa shape index (κ3) is 4.09. The number of aliphatic hydroxyl groups is 1. The van der Waals surface area contributed by atoms with Crippen LogP contribution in [0.3, 0.4) is 0 Å². The standard InChI is InChI=1S/C24H26N2O7/c1-26(2)22(28)10-15-9-17-16-8-14(4-6-18(16)33-23(17)21(11-27)32-15)25-24(29)13-3-5-19-20(7-13)31-12-30-19/h3-8,15,17,21,23,27H,9-12H2,1-2H3,(H,25,29)/t15-,17-,21-,23+/m1/s1. The number of rotatable bonds is 5. The Kier molecular flexibility index (Phi) is 5.59. The van der Waals surface area contributed by atoms with Crippen LogP contribution in [0.2, 0.25) is 0 Å². The molecule has 3 aliphatic heterocycles. The van der Waals surface area contributed by atoms with Crippen LogP contribution in [0.4, 0.5) is 5.69 Å². The second-order valence-corrected chi connectivity index (χ2v) is 8.67. The molecular weight excluding hydrogens is 428 g/mol. The third-order valence-corrected chi connectivity index (χ3v) is 6.29. The van der Waals surface area contributed by atoms with Crippen molar-refractivity contribution in [2.75, 3.05) is 32.8 Å². The topological polar surface area (TPSA) is 107 Å². The summed E-state index contributed by atoms with van der Waals surface area (Å²) >= 11 is 0. The Balaban J connectivity index is 1.34. The normalized spacial score (nSPS) is 24.5. The summed E-state index contributed by atoms with van der Waals surface area (Å²) in [5.41, 5.74) is 2.03. The Labute approximate surface area is 191 Å². The average Bonchev–Trinajstić information content (AvgIpc) is 3.42. The summed E-state index contributed by atoms with van der Waals surface area (Å²) in [4.78, 5) is 26.5. The Hall–Kier alpha value is -3.30. The van der Waals surface area contributed by atoms with Gasteiger partial charge in [-0.1, -0.05) is 0 Å². The minimum atomic E-state index is -0.525. The van der Waals surface area contributed by atoms with Crippen molar-refractivity contribution in [3.63, 3.8) is 0 Å². The largest absolute Gasteiger partial charge is 0.487 e. The van der Waals surface area contributed by atoms with Crippen LogP contribution in [0.25, 0.3) is 0 Å². The molecule has 3 heterocycles. The molecule has 0 spiro atoms. The van der Waals surface area contributed by atoms with E-state index >= 15 is 0 Å². The fourth-order valence-corrected chi connectivity index (χ4v) is 4.59. The van der Waals surface area contributed by atoms with E-state index < -0.39 is 6.10 Å². The van der Waals surface area contributed by atoms with Crippen molar-refractivity contribution in [2.24, 2.45) is 0 Å². The van der Waals surface area contributed by atoms with Gasteiger partial charge in [0.15, 0.2) is 11.5 Å². The van der Waals surface area contributed by atoms with Crippen molar-refractivity contribution in [1.29, 1.82) is 0 Å². The lowest BCUT2D eigenvalue weighted by atomic mass is 9.84. The van der Waals surface area contributed by atoms with E-state index in [4.69, 9.17) is 18.9 Å². The quantitative estimate of drug-likeness (QED) is 0.713. The number of aliphatic hydroxyl groups excluding tert-OH is 1. The number of carbonyl (C=O) groups excluding carboxylic acids is 2. The SMILES string of the molecule is CN(C)C(=O)C[C@H]1C[C@@H]2c3cc(NC(=O)c4ccc5c(c4)OCO5)ccc3O[C@@H]2[C@@H](CO)O1. The van der Waals surface area contributed by atoms with Gasteiger partial charge in [0, 0.05) is 36.8 Å². The Morgan fingerprint density at radius 3 is 2.67 bits per heavy atom. The average molecular weight is 454 g/mol. The van der Waals surface area contributed by atoms with Crippen LogP contribution in [0, 0.1) is 0 Å². The number of anilines is 1. The van der Waals surface area contributed by atoms with Crippen LogP contribution in [0.15, 0.2) is 36.4 Å². The van der Waals surface area contributed by atoms with Gasteiger partial charge < -0.3 is 34.3 Å². The first-order chi connectivity index (χ1) is 15.9. The van der Waals surface area contributed by atoms with E-state index in [2.05, 4.69) is 5.32 Å². The number of fused-ring (bicyclic) bond motifs is 4. The molecule has 33 heavy (non-hydrogen) atoms. The summed E-state index contributed by atoms with van der Waals surface area (Å²) in [6.45, 7) is -0.0526. The van der Waals surface area contributed by atoms with Gasteiger partial charge in [-0.05, 0) is 42.8 Å². The molecule has 2 aromatic carbocycles. The predicted molar refractivity (Wildman–Crippen MR) is 118 cm³/mol. The highest BCUT2D eigenvalue weighted by Gasteiger charge is 2.46. The third-order valence-electron chi connectivity index (χ3n) is 6.29. The van der Waals surface area contributed by atoms with E-state index in [0.717, 1.165) is 5.56 Å². The summed E-state index contributed by atoms with van der Waals surface area (Å²) < 4.78 is 22.7. The lowest BCUT2D eigenvalue weighted by Crippen LogP contribution is -2.47. The molecule has 5 rings (SSSR count). The van der Waals surface area contributed by atoms with Gasteiger partial charge in [-0.3, -0.25) is 9.59 Å². The van der Waals surface area contributed by atoms with Gasteiger partial charge in [0.25, 0.3) is 5.91 Å². The molecule has 0 radical (unpaired) electrons. The van der Waals surface area contributed by atoms with Gasteiger partial charge in [0.2, 0.25) is 12.7 Å². The second kappa shape index (κ2) is 8.57. The molecule has 0 saturated carbocycles. The summed E-state index contributed by atoms with van der Waals surface area (Å²) in [6.07, 6.45) is -0.353. The zero-order valence-electron chi connectivity index (χ0n) is 18.4. The van der Waals surface area contributed by atoms with Gasteiger partial charge >= 0.3 is 0 Å².